The molecule has 5 nitrogen and oxygen atoms in total. The number of hydrogen-bond acceptors (Lipinski definition) is 3. The number of imidazole rings is 1. The highest BCUT2D eigenvalue weighted by Gasteiger charge is 2.14. The monoisotopic (exact) mass is 252 g/mol. The SMILES string of the molecule is CC(Cl)c1nc2cnccc2n1CCC(N)=O. The summed E-state index contributed by atoms with van der Waals surface area (Å²) in [7, 11) is 0. The number of rotatable bonds is 4. The highest BCUT2D eigenvalue weighted by molar-refractivity contribution is 6.20. The summed E-state index contributed by atoms with van der Waals surface area (Å²) in [5.74, 6) is 0.394. The zero-order valence-electron chi connectivity index (χ0n) is 9.43. The molecular weight excluding hydrogens is 240 g/mol. The van der Waals surface area contributed by atoms with Gasteiger partial charge in [0.2, 0.25) is 5.91 Å². The van der Waals surface area contributed by atoms with E-state index in [4.69, 9.17) is 17.3 Å². The van der Waals surface area contributed by atoms with Crippen LogP contribution in [0.5, 0.6) is 0 Å². The van der Waals surface area contributed by atoms with Gasteiger partial charge >= 0.3 is 0 Å². The molecule has 6 heteroatoms. The lowest BCUT2D eigenvalue weighted by molar-refractivity contribution is -0.118. The molecule has 0 saturated carbocycles. The summed E-state index contributed by atoms with van der Waals surface area (Å²) in [4.78, 5) is 19.3. The van der Waals surface area contributed by atoms with Crippen LogP contribution in [0.2, 0.25) is 0 Å². The maximum absolute atomic E-state index is 10.9. The standard InChI is InChI=1S/C11H13ClN4O/c1-7(12)11-15-8-6-14-4-2-9(8)16(11)5-3-10(13)17/h2,4,6-7H,3,5H2,1H3,(H2,13,17). The third-order valence-corrected chi connectivity index (χ3v) is 2.71. The van der Waals surface area contributed by atoms with Gasteiger partial charge in [0.1, 0.15) is 11.3 Å². The Labute approximate surface area is 104 Å². The van der Waals surface area contributed by atoms with Gasteiger partial charge in [0.15, 0.2) is 0 Å². The van der Waals surface area contributed by atoms with E-state index in [0.29, 0.717) is 6.54 Å². The Morgan fingerprint density at radius 2 is 2.41 bits per heavy atom. The number of pyridine rings is 1. The predicted octanol–water partition coefficient (Wildman–Crippen LogP) is 1.61. The lowest BCUT2D eigenvalue weighted by Crippen LogP contribution is -2.15. The van der Waals surface area contributed by atoms with E-state index < -0.39 is 0 Å². The normalized spacial score (nSPS) is 12.8. The number of halogens is 1. The minimum absolute atomic E-state index is 0.227. The molecule has 2 aromatic rings. The minimum Gasteiger partial charge on any atom is -0.370 e. The van der Waals surface area contributed by atoms with Gasteiger partial charge in [-0.25, -0.2) is 4.98 Å². The van der Waals surface area contributed by atoms with E-state index in [2.05, 4.69) is 9.97 Å². The van der Waals surface area contributed by atoms with Crippen LogP contribution in [0.15, 0.2) is 18.5 Å². The predicted molar refractivity (Wildman–Crippen MR) is 65.6 cm³/mol. The Balaban J connectivity index is 2.48. The summed E-state index contributed by atoms with van der Waals surface area (Å²) in [5.41, 5.74) is 6.86. The van der Waals surface area contributed by atoms with Crippen molar-refractivity contribution in [3.05, 3.63) is 24.3 Å². The van der Waals surface area contributed by atoms with Gasteiger partial charge in [-0.2, -0.15) is 0 Å². The fourth-order valence-electron chi connectivity index (χ4n) is 1.76. The molecule has 2 N–H and O–H groups in total. The van der Waals surface area contributed by atoms with E-state index in [0.717, 1.165) is 16.9 Å². The number of carbonyl (C=O) groups is 1. The fourth-order valence-corrected chi connectivity index (χ4v) is 1.93. The molecule has 1 amide bonds. The summed E-state index contributed by atoms with van der Waals surface area (Å²) in [6.07, 6.45) is 3.64. The molecule has 1 atom stereocenters. The average Bonchev–Trinajstić information content (AvgIpc) is 2.65. The molecule has 90 valence electrons. The Morgan fingerprint density at radius 3 is 3.06 bits per heavy atom. The number of primary amides is 1. The van der Waals surface area contributed by atoms with E-state index >= 15 is 0 Å². The molecular formula is C11H13ClN4O. The van der Waals surface area contributed by atoms with E-state index in [1.165, 1.54) is 0 Å². The number of aryl methyl sites for hydroxylation is 1. The summed E-state index contributed by atoms with van der Waals surface area (Å²) in [6, 6.07) is 1.85. The summed E-state index contributed by atoms with van der Waals surface area (Å²) >= 11 is 6.08. The second-order valence-electron chi connectivity index (χ2n) is 3.82. The molecule has 2 aromatic heterocycles. The fraction of sp³-hybridized carbons (Fsp3) is 0.364. The van der Waals surface area contributed by atoms with Gasteiger partial charge in [0, 0.05) is 19.2 Å². The van der Waals surface area contributed by atoms with E-state index in [-0.39, 0.29) is 17.7 Å². The van der Waals surface area contributed by atoms with Crippen LogP contribution in [0.25, 0.3) is 11.0 Å². The second-order valence-corrected chi connectivity index (χ2v) is 4.47. The minimum atomic E-state index is -0.339. The highest BCUT2D eigenvalue weighted by Crippen LogP contribution is 2.24. The van der Waals surface area contributed by atoms with Crippen molar-refractivity contribution in [1.29, 1.82) is 0 Å². The molecule has 17 heavy (non-hydrogen) atoms. The first-order valence-electron chi connectivity index (χ1n) is 5.32. The number of alkyl halides is 1. The van der Waals surface area contributed by atoms with Gasteiger partial charge < -0.3 is 10.3 Å². The van der Waals surface area contributed by atoms with Crippen molar-refractivity contribution in [2.75, 3.05) is 0 Å². The van der Waals surface area contributed by atoms with Crippen molar-refractivity contribution in [2.45, 2.75) is 25.3 Å². The third-order valence-electron chi connectivity index (χ3n) is 2.52. The Morgan fingerprint density at radius 1 is 1.65 bits per heavy atom. The van der Waals surface area contributed by atoms with Crippen molar-refractivity contribution in [2.24, 2.45) is 5.73 Å². The third kappa shape index (κ3) is 2.39. The van der Waals surface area contributed by atoms with Crippen molar-refractivity contribution in [3.63, 3.8) is 0 Å². The van der Waals surface area contributed by atoms with Crippen molar-refractivity contribution in [1.82, 2.24) is 14.5 Å². The van der Waals surface area contributed by atoms with Crippen LogP contribution >= 0.6 is 11.6 Å². The molecule has 0 bridgehead atoms. The lowest BCUT2D eigenvalue weighted by atomic mass is 10.3. The number of aromatic nitrogens is 3. The van der Waals surface area contributed by atoms with Crippen LogP contribution < -0.4 is 5.73 Å². The largest absolute Gasteiger partial charge is 0.370 e. The molecule has 0 radical (unpaired) electrons. The number of nitrogens with zero attached hydrogens (tertiary/aromatic N) is 3. The van der Waals surface area contributed by atoms with Crippen LogP contribution in [0, 0.1) is 0 Å². The van der Waals surface area contributed by atoms with Crippen LogP contribution in [0.4, 0.5) is 0 Å². The Hall–Kier alpha value is -1.62. The van der Waals surface area contributed by atoms with Gasteiger partial charge in [0.25, 0.3) is 0 Å². The Kier molecular flexibility index (Phi) is 3.28. The maximum atomic E-state index is 10.9. The first-order chi connectivity index (χ1) is 8.09. The lowest BCUT2D eigenvalue weighted by Gasteiger charge is -2.08. The smallest absolute Gasteiger partial charge is 0.219 e. The van der Waals surface area contributed by atoms with Crippen molar-refractivity contribution < 1.29 is 4.79 Å². The maximum Gasteiger partial charge on any atom is 0.219 e. The summed E-state index contributed by atoms with van der Waals surface area (Å²) in [6.45, 7) is 2.33. The highest BCUT2D eigenvalue weighted by atomic mass is 35.5. The van der Waals surface area contributed by atoms with Crippen LogP contribution in [0.1, 0.15) is 24.5 Å². The molecule has 0 aromatic carbocycles. The zero-order valence-corrected chi connectivity index (χ0v) is 10.2. The average molecular weight is 253 g/mol. The molecule has 1 unspecified atom stereocenters. The van der Waals surface area contributed by atoms with E-state index in [1.807, 2.05) is 17.6 Å². The molecule has 2 rings (SSSR count). The number of amides is 1. The van der Waals surface area contributed by atoms with Gasteiger partial charge in [0.05, 0.1) is 17.1 Å². The quantitative estimate of drug-likeness (QED) is 0.840. The topological polar surface area (TPSA) is 73.8 Å². The van der Waals surface area contributed by atoms with E-state index in [9.17, 15) is 4.79 Å². The van der Waals surface area contributed by atoms with Gasteiger partial charge in [-0.3, -0.25) is 9.78 Å². The molecule has 0 saturated heterocycles. The summed E-state index contributed by atoms with van der Waals surface area (Å²) in [5, 5.41) is -0.227. The van der Waals surface area contributed by atoms with Crippen LogP contribution in [-0.4, -0.2) is 20.4 Å². The molecule has 0 aliphatic rings. The van der Waals surface area contributed by atoms with Gasteiger partial charge in [-0.1, -0.05) is 0 Å². The molecule has 2 heterocycles. The number of fused-ring (bicyclic) bond motifs is 1. The van der Waals surface area contributed by atoms with Crippen LogP contribution in [0.3, 0.4) is 0 Å². The van der Waals surface area contributed by atoms with Crippen molar-refractivity contribution >= 4 is 28.5 Å². The molecule has 0 aliphatic carbocycles. The first-order valence-corrected chi connectivity index (χ1v) is 5.75. The molecule has 0 fully saturated rings. The summed E-state index contributed by atoms with van der Waals surface area (Å²) < 4.78 is 1.92. The molecule has 0 aliphatic heterocycles. The van der Waals surface area contributed by atoms with Crippen molar-refractivity contribution in [3.8, 4) is 0 Å². The molecule has 0 spiro atoms. The van der Waals surface area contributed by atoms with E-state index in [1.54, 1.807) is 12.4 Å². The first kappa shape index (κ1) is 11.9. The number of carbonyl (C=O) groups excluding carboxylic acids is 1. The van der Waals surface area contributed by atoms with Crippen LogP contribution in [-0.2, 0) is 11.3 Å². The number of hydrogen-bond donors (Lipinski definition) is 1. The second kappa shape index (κ2) is 4.71. The zero-order chi connectivity index (χ0) is 12.4. The number of nitrogens with two attached hydrogens (primary N) is 1. The van der Waals surface area contributed by atoms with Gasteiger partial charge in [-0.05, 0) is 13.0 Å². The van der Waals surface area contributed by atoms with Gasteiger partial charge in [-0.15, -0.1) is 11.6 Å². The Bertz CT molecular complexity index is 549.